The summed E-state index contributed by atoms with van der Waals surface area (Å²) in [5.41, 5.74) is 1.88. The Morgan fingerprint density at radius 2 is 1.65 bits per heavy atom. The summed E-state index contributed by atoms with van der Waals surface area (Å²) in [6, 6.07) is 3.82. The van der Waals surface area contributed by atoms with E-state index in [0.29, 0.717) is 11.7 Å². The van der Waals surface area contributed by atoms with Crippen molar-refractivity contribution in [1.82, 2.24) is 0 Å². The van der Waals surface area contributed by atoms with Crippen molar-refractivity contribution in [3.63, 3.8) is 0 Å². The van der Waals surface area contributed by atoms with Gasteiger partial charge in [0.15, 0.2) is 0 Å². The third kappa shape index (κ3) is 3.89. The summed E-state index contributed by atoms with van der Waals surface area (Å²) in [5.74, 6) is 1.46. The van der Waals surface area contributed by atoms with Gasteiger partial charge < -0.3 is 14.2 Å². The Labute approximate surface area is 121 Å². The Hall–Kier alpha value is -1.71. The van der Waals surface area contributed by atoms with Crippen LogP contribution in [-0.4, -0.2) is 20.2 Å². The number of ether oxygens (including phenoxy) is 3. The van der Waals surface area contributed by atoms with Gasteiger partial charge in [0.05, 0.1) is 20.1 Å². The normalized spacial score (nSPS) is 10.8. The molecule has 0 atom stereocenters. The lowest BCUT2D eigenvalue weighted by Gasteiger charge is -2.17. The van der Waals surface area contributed by atoms with Crippen LogP contribution in [0.15, 0.2) is 12.1 Å². The zero-order valence-electron chi connectivity index (χ0n) is 13.1. The first kappa shape index (κ1) is 16.3. The van der Waals surface area contributed by atoms with Crippen molar-refractivity contribution in [2.75, 3.05) is 14.2 Å². The van der Waals surface area contributed by atoms with E-state index in [1.165, 1.54) is 0 Å². The summed E-state index contributed by atoms with van der Waals surface area (Å²) in [6.07, 6.45) is 0. The largest absolute Gasteiger partial charge is 0.496 e. The smallest absolute Gasteiger partial charge is 0.308 e. The first-order chi connectivity index (χ1) is 9.40. The van der Waals surface area contributed by atoms with E-state index in [9.17, 15) is 4.79 Å². The van der Waals surface area contributed by atoms with Crippen LogP contribution in [0.5, 0.6) is 11.5 Å². The number of methoxy groups -OCH3 is 2. The minimum absolute atomic E-state index is 0.141. The van der Waals surface area contributed by atoms with Crippen molar-refractivity contribution in [2.24, 2.45) is 5.92 Å². The van der Waals surface area contributed by atoms with E-state index >= 15 is 0 Å². The second-order valence-corrected chi connectivity index (χ2v) is 5.32. The lowest BCUT2D eigenvalue weighted by Crippen LogP contribution is -2.12. The van der Waals surface area contributed by atoms with Gasteiger partial charge in [-0.15, -0.1) is 0 Å². The van der Waals surface area contributed by atoms with E-state index in [0.717, 1.165) is 16.9 Å². The number of carbonyl (C=O) groups excluding carboxylic acids is 1. The standard InChI is InChI=1S/C16H24O4/c1-10(2)13-8-14(18-5)12(7-15(13)19-6)9-20-16(17)11(3)4/h7-8,10-11H,9H2,1-6H3. The molecule has 0 heterocycles. The maximum atomic E-state index is 11.6. The molecule has 0 unspecified atom stereocenters. The highest BCUT2D eigenvalue weighted by atomic mass is 16.5. The number of carbonyl (C=O) groups is 1. The van der Waals surface area contributed by atoms with Gasteiger partial charge in [0.25, 0.3) is 0 Å². The van der Waals surface area contributed by atoms with Gasteiger partial charge in [0, 0.05) is 11.1 Å². The molecule has 1 rings (SSSR count). The number of rotatable bonds is 6. The molecular formula is C16H24O4. The molecule has 20 heavy (non-hydrogen) atoms. The minimum atomic E-state index is -0.223. The van der Waals surface area contributed by atoms with Gasteiger partial charge in [-0.1, -0.05) is 27.7 Å². The molecule has 0 saturated carbocycles. The Morgan fingerprint density at radius 3 is 2.10 bits per heavy atom. The summed E-state index contributed by atoms with van der Waals surface area (Å²) >= 11 is 0. The molecular weight excluding hydrogens is 256 g/mol. The first-order valence-electron chi connectivity index (χ1n) is 6.82. The lowest BCUT2D eigenvalue weighted by molar-refractivity contribution is -0.148. The van der Waals surface area contributed by atoms with E-state index < -0.39 is 0 Å². The molecule has 1 aromatic carbocycles. The number of benzene rings is 1. The highest BCUT2D eigenvalue weighted by molar-refractivity contribution is 5.71. The highest BCUT2D eigenvalue weighted by Crippen LogP contribution is 2.33. The van der Waals surface area contributed by atoms with E-state index in [-0.39, 0.29) is 18.5 Å². The minimum Gasteiger partial charge on any atom is -0.496 e. The molecule has 4 heteroatoms. The third-order valence-corrected chi connectivity index (χ3v) is 3.10. The molecule has 112 valence electrons. The zero-order chi connectivity index (χ0) is 15.3. The number of esters is 1. The summed E-state index contributed by atoms with van der Waals surface area (Å²) in [7, 11) is 3.25. The summed E-state index contributed by atoms with van der Waals surface area (Å²) < 4.78 is 16.0. The van der Waals surface area contributed by atoms with Crippen LogP contribution in [0.2, 0.25) is 0 Å². The van der Waals surface area contributed by atoms with Gasteiger partial charge in [-0.3, -0.25) is 4.79 Å². The van der Waals surface area contributed by atoms with E-state index in [4.69, 9.17) is 14.2 Å². The molecule has 0 aromatic heterocycles. The van der Waals surface area contributed by atoms with Crippen molar-refractivity contribution < 1.29 is 19.0 Å². The Bertz CT molecular complexity index is 464. The van der Waals surface area contributed by atoms with Gasteiger partial charge in [-0.05, 0) is 18.1 Å². The molecule has 0 N–H and O–H groups in total. The average Bonchev–Trinajstić information content (AvgIpc) is 2.43. The number of hydrogen-bond acceptors (Lipinski definition) is 4. The van der Waals surface area contributed by atoms with Crippen LogP contribution in [0.25, 0.3) is 0 Å². The van der Waals surface area contributed by atoms with Crippen molar-refractivity contribution in [3.8, 4) is 11.5 Å². The highest BCUT2D eigenvalue weighted by Gasteiger charge is 2.16. The van der Waals surface area contributed by atoms with E-state index in [1.807, 2.05) is 26.0 Å². The number of hydrogen-bond donors (Lipinski definition) is 0. The molecule has 0 aliphatic heterocycles. The van der Waals surface area contributed by atoms with Gasteiger partial charge >= 0.3 is 5.97 Å². The van der Waals surface area contributed by atoms with Crippen LogP contribution in [0.1, 0.15) is 44.7 Å². The Kier molecular flexibility index (Phi) is 5.86. The molecule has 0 spiro atoms. The van der Waals surface area contributed by atoms with Gasteiger partial charge in [-0.2, -0.15) is 0 Å². The zero-order valence-corrected chi connectivity index (χ0v) is 13.1. The molecule has 0 aliphatic carbocycles. The van der Waals surface area contributed by atoms with Crippen molar-refractivity contribution in [1.29, 1.82) is 0 Å². The predicted molar refractivity (Wildman–Crippen MR) is 78.3 cm³/mol. The van der Waals surface area contributed by atoms with E-state index in [2.05, 4.69) is 13.8 Å². The second-order valence-electron chi connectivity index (χ2n) is 5.32. The molecule has 0 fully saturated rings. The second kappa shape index (κ2) is 7.17. The van der Waals surface area contributed by atoms with Gasteiger partial charge in [0.2, 0.25) is 0 Å². The van der Waals surface area contributed by atoms with Crippen LogP contribution in [-0.2, 0) is 16.1 Å². The molecule has 1 aromatic rings. The van der Waals surface area contributed by atoms with Crippen LogP contribution in [0, 0.1) is 5.92 Å². The fourth-order valence-corrected chi connectivity index (χ4v) is 1.86. The molecule has 0 amide bonds. The summed E-state index contributed by atoms with van der Waals surface area (Å²) in [4.78, 5) is 11.6. The quantitative estimate of drug-likeness (QED) is 0.748. The van der Waals surface area contributed by atoms with Gasteiger partial charge in [-0.25, -0.2) is 0 Å². The fraction of sp³-hybridized carbons (Fsp3) is 0.562. The Balaban J connectivity index is 3.03. The molecule has 0 bridgehead atoms. The van der Waals surface area contributed by atoms with Crippen LogP contribution < -0.4 is 9.47 Å². The summed E-state index contributed by atoms with van der Waals surface area (Å²) in [6.45, 7) is 7.99. The fourth-order valence-electron chi connectivity index (χ4n) is 1.86. The van der Waals surface area contributed by atoms with Gasteiger partial charge in [0.1, 0.15) is 18.1 Å². The van der Waals surface area contributed by atoms with E-state index in [1.54, 1.807) is 14.2 Å². The van der Waals surface area contributed by atoms with Crippen LogP contribution in [0.4, 0.5) is 0 Å². The van der Waals surface area contributed by atoms with Crippen molar-refractivity contribution >= 4 is 5.97 Å². The van der Waals surface area contributed by atoms with Crippen LogP contribution >= 0.6 is 0 Å². The maximum Gasteiger partial charge on any atom is 0.308 e. The summed E-state index contributed by atoms with van der Waals surface area (Å²) in [5, 5.41) is 0. The Morgan fingerprint density at radius 1 is 1.05 bits per heavy atom. The third-order valence-electron chi connectivity index (χ3n) is 3.10. The SMILES string of the molecule is COc1cc(C(C)C)c(OC)cc1COC(=O)C(C)C. The first-order valence-corrected chi connectivity index (χ1v) is 6.82. The average molecular weight is 280 g/mol. The van der Waals surface area contributed by atoms with Crippen molar-refractivity contribution in [2.45, 2.75) is 40.2 Å². The molecule has 4 nitrogen and oxygen atoms in total. The maximum absolute atomic E-state index is 11.6. The van der Waals surface area contributed by atoms with Crippen molar-refractivity contribution in [3.05, 3.63) is 23.3 Å². The monoisotopic (exact) mass is 280 g/mol. The molecule has 0 radical (unpaired) electrons. The van der Waals surface area contributed by atoms with Crippen LogP contribution in [0.3, 0.4) is 0 Å². The lowest BCUT2D eigenvalue weighted by atomic mass is 9.99. The predicted octanol–water partition coefficient (Wildman–Crippen LogP) is 3.53. The molecule has 0 saturated heterocycles. The molecule has 0 aliphatic rings. The topological polar surface area (TPSA) is 44.8 Å².